The highest BCUT2D eigenvalue weighted by atomic mass is 16.5. The van der Waals surface area contributed by atoms with Gasteiger partial charge in [0.05, 0.1) is 13.2 Å². The fraction of sp³-hybridized carbons (Fsp3) is 0.500. The molecule has 96 valence electrons. The van der Waals surface area contributed by atoms with Crippen LogP contribution < -0.4 is 5.73 Å². The molecule has 1 aromatic carbocycles. The van der Waals surface area contributed by atoms with Gasteiger partial charge in [0.25, 0.3) is 0 Å². The van der Waals surface area contributed by atoms with E-state index in [-0.39, 0.29) is 0 Å². The Morgan fingerprint density at radius 2 is 2.00 bits per heavy atom. The van der Waals surface area contributed by atoms with Gasteiger partial charge in [0.1, 0.15) is 0 Å². The van der Waals surface area contributed by atoms with E-state index in [2.05, 4.69) is 24.0 Å². The van der Waals surface area contributed by atoms with Crippen molar-refractivity contribution < 1.29 is 4.74 Å². The molecule has 2 nitrogen and oxygen atoms in total. The van der Waals surface area contributed by atoms with Crippen molar-refractivity contribution in [2.75, 3.05) is 13.2 Å². The SMILES string of the molecule is NCC#Cc1ccc(COCCC2CCC2)cc1. The first-order valence-corrected chi connectivity index (χ1v) is 6.74. The Hall–Kier alpha value is -1.30. The number of benzene rings is 1. The topological polar surface area (TPSA) is 35.2 Å². The van der Waals surface area contributed by atoms with E-state index in [1.165, 1.54) is 31.2 Å². The van der Waals surface area contributed by atoms with Crippen LogP contribution in [-0.2, 0) is 11.3 Å². The van der Waals surface area contributed by atoms with Gasteiger partial charge in [-0.15, -0.1) is 0 Å². The third-order valence-electron chi connectivity index (χ3n) is 3.45. The molecular formula is C16H21NO. The standard InChI is InChI=1S/C16H21NO/c17-11-2-5-15-6-8-16(9-7-15)13-18-12-10-14-3-1-4-14/h6-9,14H,1,3-4,10-13,17H2. The number of hydrogen-bond acceptors (Lipinski definition) is 2. The Morgan fingerprint density at radius 1 is 1.22 bits per heavy atom. The lowest BCUT2D eigenvalue weighted by molar-refractivity contribution is 0.0950. The van der Waals surface area contributed by atoms with Gasteiger partial charge in [-0.2, -0.15) is 0 Å². The average molecular weight is 243 g/mol. The molecule has 0 heterocycles. The highest BCUT2D eigenvalue weighted by Gasteiger charge is 2.16. The predicted octanol–water partition coefficient (Wildman–Crippen LogP) is 2.70. The van der Waals surface area contributed by atoms with Crippen LogP contribution in [0.5, 0.6) is 0 Å². The molecule has 0 spiro atoms. The van der Waals surface area contributed by atoms with Crippen LogP contribution in [0.15, 0.2) is 24.3 Å². The molecule has 0 aliphatic heterocycles. The van der Waals surface area contributed by atoms with Gasteiger partial charge in [0.2, 0.25) is 0 Å². The summed E-state index contributed by atoms with van der Waals surface area (Å²) in [6.45, 7) is 2.00. The molecule has 2 N–H and O–H groups in total. The molecule has 0 bridgehead atoms. The van der Waals surface area contributed by atoms with E-state index in [0.717, 1.165) is 18.1 Å². The highest BCUT2D eigenvalue weighted by molar-refractivity contribution is 5.36. The fourth-order valence-electron chi connectivity index (χ4n) is 2.06. The lowest BCUT2D eigenvalue weighted by atomic mass is 9.83. The van der Waals surface area contributed by atoms with Crippen molar-refractivity contribution >= 4 is 0 Å². The van der Waals surface area contributed by atoms with Crippen molar-refractivity contribution in [3.8, 4) is 11.8 Å². The first-order valence-electron chi connectivity index (χ1n) is 6.74. The normalized spacial score (nSPS) is 14.7. The van der Waals surface area contributed by atoms with Gasteiger partial charge >= 0.3 is 0 Å². The van der Waals surface area contributed by atoms with Crippen LogP contribution in [0.2, 0.25) is 0 Å². The largest absolute Gasteiger partial charge is 0.377 e. The Morgan fingerprint density at radius 3 is 2.61 bits per heavy atom. The maximum absolute atomic E-state index is 5.69. The Balaban J connectivity index is 1.68. The lowest BCUT2D eigenvalue weighted by Crippen LogP contribution is -2.13. The number of hydrogen-bond donors (Lipinski definition) is 1. The molecular weight excluding hydrogens is 222 g/mol. The third-order valence-corrected chi connectivity index (χ3v) is 3.45. The van der Waals surface area contributed by atoms with Crippen LogP contribution >= 0.6 is 0 Å². The van der Waals surface area contributed by atoms with Crippen LogP contribution in [0, 0.1) is 17.8 Å². The van der Waals surface area contributed by atoms with Gasteiger partial charge in [0.15, 0.2) is 0 Å². The van der Waals surface area contributed by atoms with Crippen LogP contribution in [0.1, 0.15) is 36.8 Å². The van der Waals surface area contributed by atoms with E-state index >= 15 is 0 Å². The van der Waals surface area contributed by atoms with E-state index in [1.54, 1.807) is 0 Å². The van der Waals surface area contributed by atoms with Gasteiger partial charge in [-0.1, -0.05) is 43.2 Å². The van der Waals surface area contributed by atoms with Crippen molar-refractivity contribution in [2.24, 2.45) is 11.7 Å². The zero-order chi connectivity index (χ0) is 12.6. The molecule has 2 rings (SSSR count). The summed E-state index contributed by atoms with van der Waals surface area (Å²) in [5.74, 6) is 6.79. The van der Waals surface area contributed by atoms with E-state index in [9.17, 15) is 0 Å². The second kappa shape index (κ2) is 7.20. The second-order valence-electron chi connectivity index (χ2n) is 4.84. The first kappa shape index (κ1) is 13.1. The predicted molar refractivity (Wildman–Crippen MR) is 74.0 cm³/mol. The summed E-state index contributed by atoms with van der Waals surface area (Å²) in [6.07, 6.45) is 5.44. The summed E-state index contributed by atoms with van der Waals surface area (Å²) in [7, 11) is 0. The van der Waals surface area contributed by atoms with Gasteiger partial charge in [-0.25, -0.2) is 0 Å². The minimum absolute atomic E-state index is 0.409. The molecule has 1 saturated carbocycles. The molecule has 2 heteroatoms. The average Bonchev–Trinajstić information content (AvgIpc) is 2.35. The molecule has 0 atom stereocenters. The van der Waals surface area contributed by atoms with Crippen LogP contribution in [0.3, 0.4) is 0 Å². The quantitative estimate of drug-likeness (QED) is 0.637. The van der Waals surface area contributed by atoms with Gasteiger partial charge < -0.3 is 10.5 Å². The summed E-state index contributed by atoms with van der Waals surface area (Å²) in [4.78, 5) is 0. The zero-order valence-corrected chi connectivity index (χ0v) is 10.8. The van der Waals surface area contributed by atoms with E-state index in [1.807, 2.05) is 12.1 Å². The Bertz CT molecular complexity index is 409. The molecule has 1 aliphatic rings. The van der Waals surface area contributed by atoms with Crippen LogP contribution in [0.25, 0.3) is 0 Å². The Kier molecular flexibility index (Phi) is 5.26. The fourth-order valence-corrected chi connectivity index (χ4v) is 2.06. The summed E-state index contributed by atoms with van der Waals surface area (Å²) < 4.78 is 5.69. The van der Waals surface area contributed by atoms with Crippen molar-refractivity contribution in [1.29, 1.82) is 0 Å². The molecule has 18 heavy (non-hydrogen) atoms. The van der Waals surface area contributed by atoms with Gasteiger partial charge in [-0.05, 0) is 30.0 Å². The summed E-state index contributed by atoms with van der Waals surface area (Å²) in [5, 5.41) is 0. The van der Waals surface area contributed by atoms with Crippen molar-refractivity contribution in [1.82, 2.24) is 0 Å². The molecule has 1 aromatic rings. The minimum Gasteiger partial charge on any atom is -0.377 e. The van der Waals surface area contributed by atoms with Gasteiger partial charge in [-0.3, -0.25) is 0 Å². The molecule has 1 fully saturated rings. The maximum Gasteiger partial charge on any atom is 0.0716 e. The number of nitrogens with two attached hydrogens (primary N) is 1. The molecule has 0 aromatic heterocycles. The van der Waals surface area contributed by atoms with Gasteiger partial charge in [0, 0.05) is 12.2 Å². The zero-order valence-electron chi connectivity index (χ0n) is 10.8. The van der Waals surface area contributed by atoms with Crippen molar-refractivity contribution in [3.63, 3.8) is 0 Å². The van der Waals surface area contributed by atoms with E-state index in [4.69, 9.17) is 10.5 Å². The molecule has 0 saturated heterocycles. The van der Waals surface area contributed by atoms with E-state index < -0.39 is 0 Å². The molecule has 0 amide bonds. The second-order valence-corrected chi connectivity index (χ2v) is 4.84. The van der Waals surface area contributed by atoms with Crippen LogP contribution in [0.4, 0.5) is 0 Å². The summed E-state index contributed by atoms with van der Waals surface area (Å²) in [6, 6.07) is 8.19. The third kappa shape index (κ3) is 4.18. The molecule has 0 unspecified atom stereocenters. The molecule has 1 aliphatic carbocycles. The van der Waals surface area contributed by atoms with Crippen LogP contribution in [-0.4, -0.2) is 13.2 Å². The smallest absolute Gasteiger partial charge is 0.0716 e. The minimum atomic E-state index is 0.409. The maximum atomic E-state index is 5.69. The van der Waals surface area contributed by atoms with Crippen molar-refractivity contribution in [2.45, 2.75) is 32.3 Å². The number of rotatable bonds is 5. The van der Waals surface area contributed by atoms with E-state index in [0.29, 0.717) is 13.2 Å². The summed E-state index contributed by atoms with van der Waals surface area (Å²) >= 11 is 0. The molecule has 0 radical (unpaired) electrons. The monoisotopic (exact) mass is 243 g/mol. The van der Waals surface area contributed by atoms with Crippen molar-refractivity contribution in [3.05, 3.63) is 35.4 Å². The Labute approximate surface area is 110 Å². The lowest BCUT2D eigenvalue weighted by Gasteiger charge is -2.24. The number of ether oxygens (including phenoxy) is 1. The first-order chi connectivity index (χ1) is 8.88. The summed E-state index contributed by atoms with van der Waals surface area (Å²) in [5.41, 5.74) is 7.56. The highest BCUT2D eigenvalue weighted by Crippen LogP contribution is 2.29.